The van der Waals surface area contributed by atoms with Gasteiger partial charge in [0.05, 0.1) is 23.6 Å². The Kier molecular flexibility index (Phi) is 6.86. The summed E-state index contributed by atoms with van der Waals surface area (Å²) in [4.78, 5) is 28.3. The van der Waals surface area contributed by atoms with Crippen molar-refractivity contribution in [3.05, 3.63) is 76.9 Å². The minimum absolute atomic E-state index is 0.144. The van der Waals surface area contributed by atoms with Crippen molar-refractivity contribution in [2.75, 3.05) is 4.90 Å². The van der Waals surface area contributed by atoms with Crippen LogP contribution in [-0.2, 0) is 14.2 Å². The lowest BCUT2D eigenvalue weighted by Crippen LogP contribution is -2.46. The zero-order valence-corrected chi connectivity index (χ0v) is 20.8. The fraction of sp³-hybridized carbons (Fsp3) is 0.379. The molecule has 0 bridgehead atoms. The fourth-order valence-corrected chi connectivity index (χ4v) is 6.27. The summed E-state index contributed by atoms with van der Waals surface area (Å²) < 4.78 is 6.03. The van der Waals surface area contributed by atoms with Gasteiger partial charge < -0.3 is 14.8 Å². The third kappa shape index (κ3) is 4.53. The number of hydrogen-bond acceptors (Lipinski definition) is 5. The molecule has 0 saturated carbocycles. The average molecular weight is 485 g/mol. The van der Waals surface area contributed by atoms with Crippen molar-refractivity contribution in [1.82, 2.24) is 0 Å². The standard InChI is InChI=1S/C29H32BNO5/c1-3-19(15-20-8-7-11-22(32)16-20)12-13-25-26-18(2)14-23-27(24(26)17-30(35)36-25)29(34)31(28(23)33)21-9-5-4-6-10-21/h4-11,15-16,23-25,27,32,35H,3,12-14,17H2,1-2H3/b19-15+/t23-,24+,25-,27-/m1/s1. The highest BCUT2D eigenvalue weighted by Gasteiger charge is 2.57. The molecule has 186 valence electrons. The van der Waals surface area contributed by atoms with Crippen molar-refractivity contribution in [1.29, 1.82) is 0 Å². The maximum Gasteiger partial charge on any atom is 0.455 e. The Bertz CT molecular complexity index is 1220. The van der Waals surface area contributed by atoms with E-state index >= 15 is 0 Å². The Balaban J connectivity index is 1.39. The Morgan fingerprint density at radius 3 is 2.61 bits per heavy atom. The minimum atomic E-state index is -0.968. The highest BCUT2D eigenvalue weighted by molar-refractivity contribution is 6.43. The van der Waals surface area contributed by atoms with E-state index in [1.807, 2.05) is 37.3 Å². The van der Waals surface area contributed by atoms with Crippen LogP contribution in [0.3, 0.4) is 0 Å². The molecule has 3 aliphatic rings. The van der Waals surface area contributed by atoms with E-state index in [-0.39, 0.29) is 29.6 Å². The highest BCUT2D eigenvalue weighted by Crippen LogP contribution is 2.51. The number of fused-ring (bicyclic) bond motifs is 3. The second-order valence-electron chi connectivity index (χ2n) is 10.1. The van der Waals surface area contributed by atoms with Gasteiger partial charge in [-0.2, -0.15) is 0 Å². The number of phenols is 1. The highest BCUT2D eigenvalue weighted by atomic mass is 16.5. The largest absolute Gasteiger partial charge is 0.508 e. The molecule has 2 amide bonds. The van der Waals surface area contributed by atoms with Crippen LogP contribution in [0.2, 0.25) is 6.32 Å². The first-order valence-electron chi connectivity index (χ1n) is 12.8. The van der Waals surface area contributed by atoms with Crippen LogP contribution in [0.15, 0.2) is 71.3 Å². The molecule has 2 heterocycles. The lowest BCUT2D eigenvalue weighted by Gasteiger charge is -2.42. The predicted molar refractivity (Wildman–Crippen MR) is 140 cm³/mol. The second-order valence-corrected chi connectivity index (χ2v) is 10.1. The van der Waals surface area contributed by atoms with E-state index < -0.39 is 19.0 Å². The van der Waals surface area contributed by atoms with Gasteiger partial charge in [-0.1, -0.05) is 54.5 Å². The van der Waals surface area contributed by atoms with Crippen LogP contribution in [-0.4, -0.2) is 35.2 Å². The smallest absolute Gasteiger partial charge is 0.455 e. The van der Waals surface area contributed by atoms with Crippen molar-refractivity contribution >= 4 is 30.7 Å². The van der Waals surface area contributed by atoms with E-state index in [4.69, 9.17) is 4.65 Å². The van der Waals surface area contributed by atoms with Gasteiger partial charge in [0.2, 0.25) is 11.8 Å². The molecule has 0 unspecified atom stereocenters. The van der Waals surface area contributed by atoms with Gasteiger partial charge in [0.1, 0.15) is 5.75 Å². The summed E-state index contributed by atoms with van der Waals surface area (Å²) in [6.07, 6.45) is 4.96. The predicted octanol–water partition coefficient (Wildman–Crippen LogP) is 4.99. The molecule has 2 N–H and O–H groups in total. The molecule has 2 aromatic carbocycles. The van der Waals surface area contributed by atoms with Gasteiger partial charge in [0, 0.05) is 0 Å². The lowest BCUT2D eigenvalue weighted by atomic mass is 9.59. The van der Waals surface area contributed by atoms with E-state index in [9.17, 15) is 19.7 Å². The number of anilines is 1. The molecular weight excluding hydrogens is 453 g/mol. The topological polar surface area (TPSA) is 87.1 Å². The molecule has 0 spiro atoms. The monoisotopic (exact) mass is 485 g/mol. The molecule has 1 aliphatic carbocycles. The average Bonchev–Trinajstić information content (AvgIpc) is 3.11. The summed E-state index contributed by atoms with van der Waals surface area (Å²) in [6.45, 7) is 4.14. The molecule has 7 heteroatoms. The van der Waals surface area contributed by atoms with E-state index in [0.717, 1.165) is 29.6 Å². The van der Waals surface area contributed by atoms with Crippen LogP contribution in [0, 0.1) is 17.8 Å². The summed E-state index contributed by atoms with van der Waals surface area (Å²) in [7, 11) is -0.968. The molecule has 2 fully saturated rings. The van der Waals surface area contributed by atoms with Crippen LogP contribution in [0.1, 0.15) is 45.1 Å². The molecule has 2 aromatic rings. The quantitative estimate of drug-likeness (QED) is 0.342. The summed E-state index contributed by atoms with van der Waals surface area (Å²) in [6, 6.07) is 16.3. The van der Waals surface area contributed by atoms with Crippen molar-refractivity contribution in [3.63, 3.8) is 0 Å². The third-order valence-electron chi connectivity index (χ3n) is 7.89. The Morgan fingerprint density at radius 1 is 1.11 bits per heavy atom. The number of hydrogen-bond donors (Lipinski definition) is 2. The molecule has 0 aromatic heterocycles. The summed E-state index contributed by atoms with van der Waals surface area (Å²) >= 11 is 0. The first-order chi connectivity index (χ1) is 17.4. The summed E-state index contributed by atoms with van der Waals surface area (Å²) in [5.74, 6) is -1.15. The molecule has 0 radical (unpaired) electrons. The van der Waals surface area contributed by atoms with E-state index in [0.29, 0.717) is 24.8 Å². The first kappa shape index (κ1) is 24.5. The number of nitrogens with zero attached hydrogens (tertiary/aromatic N) is 1. The normalized spacial score (nSPS) is 26.4. The maximum atomic E-state index is 13.6. The number of carbonyl (C=O) groups excluding carboxylic acids is 2. The first-order valence-corrected chi connectivity index (χ1v) is 12.8. The number of benzene rings is 2. The molecule has 5 rings (SSSR count). The molecule has 36 heavy (non-hydrogen) atoms. The van der Waals surface area contributed by atoms with Crippen molar-refractivity contribution in [2.24, 2.45) is 17.8 Å². The number of phenolic OH excluding ortho intramolecular Hbond substituents is 1. The Hall–Kier alpha value is -3.16. The number of aromatic hydroxyl groups is 1. The Morgan fingerprint density at radius 2 is 1.89 bits per heavy atom. The van der Waals surface area contributed by atoms with E-state index in [1.54, 1.807) is 24.3 Å². The molecule has 6 nitrogen and oxygen atoms in total. The zero-order valence-electron chi connectivity index (χ0n) is 20.8. The maximum absolute atomic E-state index is 13.6. The van der Waals surface area contributed by atoms with Crippen LogP contribution >= 0.6 is 0 Å². The van der Waals surface area contributed by atoms with Gasteiger partial charge in [-0.25, -0.2) is 0 Å². The van der Waals surface area contributed by atoms with Gasteiger partial charge in [-0.05, 0) is 80.2 Å². The third-order valence-corrected chi connectivity index (χ3v) is 7.89. The number of imide groups is 1. The van der Waals surface area contributed by atoms with Gasteiger partial charge in [-0.3, -0.25) is 14.5 Å². The van der Waals surface area contributed by atoms with Crippen LogP contribution in [0.5, 0.6) is 5.75 Å². The van der Waals surface area contributed by atoms with Gasteiger partial charge >= 0.3 is 7.12 Å². The molecule has 2 saturated heterocycles. The summed E-state index contributed by atoms with van der Waals surface area (Å²) in [5, 5.41) is 20.4. The lowest BCUT2D eigenvalue weighted by molar-refractivity contribution is -0.122. The van der Waals surface area contributed by atoms with E-state index in [1.165, 1.54) is 10.5 Å². The van der Waals surface area contributed by atoms with Crippen molar-refractivity contribution < 1.29 is 24.4 Å². The fourth-order valence-electron chi connectivity index (χ4n) is 6.27. The van der Waals surface area contributed by atoms with Crippen molar-refractivity contribution in [2.45, 2.75) is 52.0 Å². The number of rotatable bonds is 6. The van der Waals surface area contributed by atoms with E-state index in [2.05, 4.69) is 13.0 Å². The van der Waals surface area contributed by atoms with Crippen molar-refractivity contribution in [3.8, 4) is 5.75 Å². The van der Waals surface area contributed by atoms with Crippen LogP contribution < -0.4 is 4.90 Å². The number of amides is 2. The molecule has 4 atom stereocenters. The van der Waals surface area contributed by atoms with Crippen LogP contribution in [0.4, 0.5) is 5.69 Å². The summed E-state index contributed by atoms with van der Waals surface area (Å²) in [5.41, 5.74) is 4.96. The number of para-hydroxylation sites is 1. The second kappa shape index (κ2) is 10.1. The van der Waals surface area contributed by atoms with Gasteiger partial charge in [-0.15, -0.1) is 0 Å². The zero-order chi connectivity index (χ0) is 25.4. The number of carbonyl (C=O) groups is 2. The van der Waals surface area contributed by atoms with Gasteiger partial charge in [0.25, 0.3) is 0 Å². The van der Waals surface area contributed by atoms with Gasteiger partial charge in [0.15, 0.2) is 0 Å². The SMILES string of the molecule is CC/C(=C\c1cccc(O)c1)CC[C@H]1OB(O)C[C@H]2C1=C(C)C[C@H]1C(=O)N(c3ccccc3)C(=O)[C@H]12. The van der Waals surface area contributed by atoms with Crippen LogP contribution in [0.25, 0.3) is 6.08 Å². The molecular formula is C29H32BNO5. The Labute approximate surface area is 212 Å². The number of allylic oxidation sites excluding steroid dienone is 2. The molecule has 2 aliphatic heterocycles. The minimum Gasteiger partial charge on any atom is -0.508 e.